The first-order valence-electron chi connectivity index (χ1n) is 13.8. The molecule has 0 saturated heterocycles. The minimum atomic E-state index is -0.746. The van der Waals surface area contributed by atoms with Crippen molar-refractivity contribution in [3.8, 4) is 5.75 Å². The Morgan fingerprint density at radius 2 is 1.85 bits per heavy atom. The lowest BCUT2D eigenvalue weighted by Crippen LogP contribution is -2.57. The van der Waals surface area contributed by atoms with E-state index < -0.39 is 28.7 Å². The summed E-state index contributed by atoms with van der Waals surface area (Å²) < 4.78 is 18.6. The molecule has 218 valence electrons. The highest BCUT2D eigenvalue weighted by Gasteiger charge is 2.59. The minimum absolute atomic E-state index is 0.100. The average Bonchev–Trinajstić information content (AvgIpc) is 3.37. The predicted octanol–water partition coefficient (Wildman–Crippen LogP) is 4.67. The number of carbonyl (C=O) groups is 2. The van der Waals surface area contributed by atoms with Crippen LogP contribution in [0.1, 0.15) is 65.5 Å². The minimum Gasteiger partial charge on any atom is -0.497 e. The molecule has 2 aliphatic rings. The molecule has 1 heterocycles. The van der Waals surface area contributed by atoms with E-state index in [1.165, 1.54) is 35.6 Å². The number of nitrogens with one attached hydrogen (secondary N) is 2. The number of rotatable bonds is 8. The third-order valence-corrected chi connectivity index (χ3v) is 10.3. The lowest BCUT2D eigenvalue weighted by atomic mass is 9.47. The number of amides is 2. The Balaban J connectivity index is 1.42. The number of ether oxygens (including phenoxy) is 1. The number of hydrogen-bond donors (Lipinski definition) is 4. The fourth-order valence-corrected chi connectivity index (χ4v) is 7.73. The molecule has 0 bridgehead atoms. The van der Waals surface area contributed by atoms with Crippen molar-refractivity contribution in [1.82, 2.24) is 10.3 Å². The van der Waals surface area contributed by atoms with Crippen LogP contribution in [-0.2, 0) is 17.8 Å². The lowest BCUT2D eigenvalue weighted by Gasteiger charge is -2.58. The van der Waals surface area contributed by atoms with Crippen molar-refractivity contribution < 1.29 is 28.9 Å². The molecular formula is C31H36FN3O5S. The fourth-order valence-electron chi connectivity index (χ4n) is 6.67. The predicted molar refractivity (Wildman–Crippen MR) is 154 cm³/mol. The number of benzene rings is 2. The van der Waals surface area contributed by atoms with Gasteiger partial charge in [0.2, 0.25) is 5.91 Å². The maximum atomic E-state index is 13.4. The van der Waals surface area contributed by atoms with Crippen LogP contribution in [0.5, 0.6) is 5.75 Å². The number of fused-ring (bicyclic) bond motifs is 2. The smallest absolute Gasteiger partial charge is 0.257 e. The van der Waals surface area contributed by atoms with E-state index in [9.17, 15) is 24.2 Å². The first kappa shape index (κ1) is 29.2. The molecule has 41 heavy (non-hydrogen) atoms. The summed E-state index contributed by atoms with van der Waals surface area (Å²) in [6.07, 6.45) is 1.29. The highest BCUT2D eigenvalue weighted by Crippen LogP contribution is 2.62. The van der Waals surface area contributed by atoms with Gasteiger partial charge in [0.15, 0.2) is 5.13 Å². The third-order valence-electron chi connectivity index (χ3n) is 9.26. The number of anilines is 1. The molecule has 0 spiro atoms. The van der Waals surface area contributed by atoms with Crippen molar-refractivity contribution in [1.29, 1.82) is 0 Å². The van der Waals surface area contributed by atoms with Gasteiger partial charge in [-0.2, -0.15) is 0 Å². The van der Waals surface area contributed by atoms with Gasteiger partial charge in [0.25, 0.3) is 5.91 Å². The molecule has 10 heteroatoms. The number of halogens is 1. The van der Waals surface area contributed by atoms with Crippen molar-refractivity contribution in [2.75, 3.05) is 19.0 Å². The first-order valence-corrected chi connectivity index (χ1v) is 14.6. The van der Waals surface area contributed by atoms with E-state index in [1.807, 2.05) is 31.2 Å². The molecule has 5 atom stereocenters. The van der Waals surface area contributed by atoms with Gasteiger partial charge < -0.3 is 20.3 Å². The highest BCUT2D eigenvalue weighted by atomic mass is 32.1. The van der Waals surface area contributed by atoms with Gasteiger partial charge in [0, 0.05) is 34.7 Å². The van der Waals surface area contributed by atoms with Crippen LogP contribution in [-0.4, -0.2) is 46.8 Å². The van der Waals surface area contributed by atoms with Gasteiger partial charge in [-0.15, -0.1) is 11.3 Å². The summed E-state index contributed by atoms with van der Waals surface area (Å²) >= 11 is 1.35. The molecule has 1 aromatic heterocycles. The molecule has 2 aliphatic carbocycles. The van der Waals surface area contributed by atoms with Crippen LogP contribution in [0.2, 0.25) is 0 Å². The Bertz CT molecular complexity index is 1410. The largest absolute Gasteiger partial charge is 0.497 e. The first-order chi connectivity index (χ1) is 19.6. The van der Waals surface area contributed by atoms with Gasteiger partial charge in [-0.05, 0) is 72.6 Å². The van der Waals surface area contributed by atoms with Crippen molar-refractivity contribution >= 4 is 28.3 Å². The summed E-state index contributed by atoms with van der Waals surface area (Å²) in [6.45, 7) is 4.25. The SMILES string of the molecule is COc1ccc(CNC(=O)C[C@@H]2c3nc(NC(=O)c4ccc(F)cc4)sc3C[C@@H]3[C@](C)(CO)[C@H](O)CC[C@]32C)cc1. The summed E-state index contributed by atoms with van der Waals surface area (Å²) in [7, 11) is 1.60. The Hall–Kier alpha value is -3.34. The van der Waals surface area contributed by atoms with Gasteiger partial charge in [-0.25, -0.2) is 9.37 Å². The Morgan fingerprint density at radius 3 is 2.51 bits per heavy atom. The number of hydrogen-bond acceptors (Lipinski definition) is 7. The van der Waals surface area contributed by atoms with E-state index in [1.54, 1.807) is 7.11 Å². The Morgan fingerprint density at radius 1 is 1.15 bits per heavy atom. The third kappa shape index (κ3) is 5.60. The maximum absolute atomic E-state index is 13.4. The van der Waals surface area contributed by atoms with Crippen molar-refractivity contribution in [2.45, 2.75) is 58.1 Å². The Labute approximate surface area is 243 Å². The molecule has 8 nitrogen and oxygen atoms in total. The molecular weight excluding hydrogens is 545 g/mol. The number of aliphatic hydroxyl groups excluding tert-OH is 2. The van der Waals surface area contributed by atoms with Crippen LogP contribution in [0.3, 0.4) is 0 Å². The van der Waals surface area contributed by atoms with Gasteiger partial charge in [0.05, 0.1) is 25.5 Å². The summed E-state index contributed by atoms with van der Waals surface area (Å²) in [6, 6.07) is 12.8. The zero-order valence-electron chi connectivity index (χ0n) is 23.4. The second kappa shape index (κ2) is 11.5. The van der Waals surface area contributed by atoms with Crippen LogP contribution in [0, 0.1) is 22.6 Å². The van der Waals surface area contributed by atoms with E-state index in [2.05, 4.69) is 17.6 Å². The number of aliphatic hydroxyl groups is 2. The second-order valence-corrected chi connectivity index (χ2v) is 12.7. The standard InChI is InChI=1S/C31H36FN3O5S/c1-30-13-12-25(37)31(2,17-36)24(30)15-23-27(34-29(41-23)35-28(39)19-6-8-20(32)9-7-19)22(30)14-26(38)33-16-18-4-10-21(40-3)11-5-18/h4-11,22,24-25,36-37H,12-17H2,1-3H3,(H,33,38)(H,34,35,39)/t22-,24+,25-,30+,31+/m1/s1. The number of carbonyl (C=O) groups excluding carboxylic acids is 2. The molecule has 0 aliphatic heterocycles. The summed E-state index contributed by atoms with van der Waals surface area (Å²) in [5, 5.41) is 27.7. The normalized spacial score (nSPS) is 26.9. The van der Waals surface area contributed by atoms with E-state index in [-0.39, 0.29) is 30.8 Å². The summed E-state index contributed by atoms with van der Waals surface area (Å²) in [5.74, 6) is -0.588. The topological polar surface area (TPSA) is 121 Å². The van der Waals surface area contributed by atoms with E-state index in [0.29, 0.717) is 36.5 Å². The average molecular weight is 582 g/mol. The molecule has 1 fully saturated rings. The Kier molecular flexibility index (Phi) is 8.18. The molecule has 2 amide bonds. The highest BCUT2D eigenvalue weighted by molar-refractivity contribution is 7.15. The van der Waals surface area contributed by atoms with Gasteiger partial charge in [-0.3, -0.25) is 14.9 Å². The summed E-state index contributed by atoms with van der Waals surface area (Å²) in [5.41, 5.74) is 0.878. The lowest BCUT2D eigenvalue weighted by molar-refractivity contribution is -0.144. The molecule has 1 saturated carbocycles. The van der Waals surface area contributed by atoms with E-state index in [4.69, 9.17) is 9.72 Å². The van der Waals surface area contributed by atoms with E-state index in [0.717, 1.165) is 21.9 Å². The number of aromatic nitrogens is 1. The number of nitrogens with zero attached hydrogens (tertiary/aromatic N) is 1. The van der Waals surface area contributed by atoms with Crippen molar-refractivity contribution in [2.24, 2.45) is 16.7 Å². The number of thiazole rings is 1. The van der Waals surface area contributed by atoms with Gasteiger partial charge in [-0.1, -0.05) is 26.0 Å². The molecule has 3 aromatic rings. The zero-order valence-corrected chi connectivity index (χ0v) is 24.3. The van der Waals surface area contributed by atoms with Crippen LogP contribution in [0.25, 0.3) is 0 Å². The fraction of sp³-hybridized carbons (Fsp3) is 0.452. The van der Waals surface area contributed by atoms with Gasteiger partial charge >= 0.3 is 0 Å². The van der Waals surface area contributed by atoms with Crippen molar-refractivity contribution in [3.05, 3.63) is 76.0 Å². The van der Waals surface area contributed by atoms with Crippen LogP contribution < -0.4 is 15.4 Å². The van der Waals surface area contributed by atoms with E-state index >= 15 is 0 Å². The second-order valence-electron chi connectivity index (χ2n) is 11.7. The molecule has 0 radical (unpaired) electrons. The van der Waals surface area contributed by atoms with Crippen molar-refractivity contribution in [3.63, 3.8) is 0 Å². The number of methoxy groups -OCH3 is 1. The molecule has 5 rings (SSSR count). The van der Waals surface area contributed by atoms with Crippen LogP contribution in [0.15, 0.2) is 48.5 Å². The maximum Gasteiger partial charge on any atom is 0.257 e. The molecule has 0 unspecified atom stereocenters. The molecule has 4 N–H and O–H groups in total. The quantitative estimate of drug-likeness (QED) is 0.307. The summed E-state index contributed by atoms with van der Waals surface area (Å²) in [4.78, 5) is 32.0. The van der Waals surface area contributed by atoms with Crippen LogP contribution in [0.4, 0.5) is 9.52 Å². The monoisotopic (exact) mass is 581 g/mol. The van der Waals surface area contributed by atoms with Crippen LogP contribution >= 0.6 is 11.3 Å². The molecule has 2 aromatic carbocycles. The zero-order chi connectivity index (χ0) is 29.4. The van der Waals surface area contributed by atoms with Gasteiger partial charge in [0.1, 0.15) is 11.6 Å².